The van der Waals surface area contributed by atoms with E-state index in [1.165, 1.54) is 43.1 Å². The maximum atomic E-state index is 12.1. The molecule has 110 valence electrons. The minimum atomic E-state index is -0.136. The highest BCUT2D eigenvalue weighted by Gasteiger charge is 2.16. The molecule has 1 aromatic carbocycles. The second-order valence-electron chi connectivity index (χ2n) is 5.57. The number of amides is 1. The molecule has 0 saturated heterocycles. The van der Waals surface area contributed by atoms with Crippen LogP contribution in [-0.4, -0.2) is 27.4 Å². The first-order valence-corrected chi connectivity index (χ1v) is 7.59. The molecule has 2 aromatic rings. The normalized spacial score (nSPS) is 15.8. The van der Waals surface area contributed by atoms with Crippen molar-refractivity contribution in [1.29, 1.82) is 0 Å². The summed E-state index contributed by atoms with van der Waals surface area (Å²) >= 11 is 0. The summed E-state index contributed by atoms with van der Waals surface area (Å²) in [6.45, 7) is 0.747. The van der Waals surface area contributed by atoms with E-state index in [1.54, 1.807) is 0 Å². The Morgan fingerprint density at radius 1 is 1.19 bits per heavy atom. The highest BCUT2D eigenvalue weighted by Crippen LogP contribution is 2.22. The van der Waals surface area contributed by atoms with E-state index in [1.807, 2.05) is 30.3 Å². The third-order valence-electron chi connectivity index (χ3n) is 3.99. The number of hydrogen-bond acceptors (Lipinski definition) is 3. The average Bonchev–Trinajstić information content (AvgIpc) is 3.04. The number of para-hydroxylation sites is 1. The molecular formula is C16H20N4O. The highest BCUT2D eigenvalue weighted by atomic mass is 16.2. The van der Waals surface area contributed by atoms with Crippen LogP contribution in [0, 0.1) is 5.92 Å². The van der Waals surface area contributed by atoms with E-state index in [-0.39, 0.29) is 5.91 Å². The smallest absolute Gasteiger partial charge is 0.273 e. The summed E-state index contributed by atoms with van der Waals surface area (Å²) in [5.41, 5.74) is 1.22. The molecule has 1 amide bonds. The molecule has 1 aromatic heterocycles. The topological polar surface area (TPSA) is 59.8 Å². The van der Waals surface area contributed by atoms with Crippen molar-refractivity contribution in [3.05, 3.63) is 42.2 Å². The molecule has 1 N–H and O–H groups in total. The molecule has 0 radical (unpaired) electrons. The van der Waals surface area contributed by atoms with Crippen LogP contribution in [-0.2, 0) is 0 Å². The van der Waals surface area contributed by atoms with Crippen LogP contribution in [0.5, 0.6) is 0 Å². The Bertz CT molecular complexity index is 587. The molecule has 5 heteroatoms. The number of rotatable bonds is 4. The first-order valence-electron chi connectivity index (χ1n) is 7.59. The zero-order valence-electron chi connectivity index (χ0n) is 12.0. The van der Waals surface area contributed by atoms with Gasteiger partial charge in [-0.2, -0.15) is 9.90 Å². The molecule has 1 heterocycles. The summed E-state index contributed by atoms with van der Waals surface area (Å²) in [6.07, 6.45) is 7.85. The Kier molecular flexibility index (Phi) is 4.28. The van der Waals surface area contributed by atoms with E-state index in [2.05, 4.69) is 15.5 Å². The fourth-order valence-corrected chi connectivity index (χ4v) is 2.77. The van der Waals surface area contributed by atoms with Gasteiger partial charge in [0, 0.05) is 6.54 Å². The lowest BCUT2D eigenvalue weighted by Gasteiger charge is -2.21. The fourth-order valence-electron chi connectivity index (χ4n) is 2.77. The Morgan fingerprint density at radius 3 is 2.71 bits per heavy atom. The summed E-state index contributed by atoms with van der Waals surface area (Å²) in [5.74, 6) is 0.481. The van der Waals surface area contributed by atoms with Gasteiger partial charge in [-0.05, 0) is 30.9 Å². The van der Waals surface area contributed by atoms with Crippen molar-refractivity contribution in [2.75, 3.05) is 6.54 Å². The van der Waals surface area contributed by atoms with Gasteiger partial charge in [-0.1, -0.05) is 37.5 Å². The van der Waals surface area contributed by atoms with Gasteiger partial charge < -0.3 is 5.32 Å². The number of benzene rings is 1. The van der Waals surface area contributed by atoms with Crippen molar-refractivity contribution >= 4 is 5.91 Å². The van der Waals surface area contributed by atoms with Crippen LogP contribution in [0.1, 0.15) is 42.6 Å². The van der Waals surface area contributed by atoms with Crippen molar-refractivity contribution in [1.82, 2.24) is 20.3 Å². The molecule has 5 nitrogen and oxygen atoms in total. The van der Waals surface area contributed by atoms with E-state index >= 15 is 0 Å². The van der Waals surface area contributed by atoms with Crippen LogP contribution in [0.2, 0.25) is 0 Å². The summed E-state index contributed by atoms with van der Waals surface area (Å²) < 4.78 is 0. The molecule has 1 fully saturated rings. The van der Waals surface area contributed by atoms with E-state index < -0.39 is 0 Å². The Hall–Kier alpha value is -2.17. The van der Waals surface area contributed by atoms with Gasteiger partial charge in [0.25, 0.3) is 5.91 Å². The number of nitrogens with one attached hydrogen (secondary N) is 1. The average molecular weight is 284 g/mol. The van der Waals surface area contributed by atoms with E-state index in [4.69, 9.17) is 0 Å². The van der Waals surface area contributed by atoms with Gasteiger partial charge in [-0.15, -0.1) is 5.10 Å². The van der Waals surface area contributed by atoms with Crippen LogP contribution < -0.4 is 5.32 Å². The second kappa shape index (κ2) is 6.52. The van der Waals surface area contributed by atoms with E-state index in [9.17, 15) is 4.79 Å². The van der Waals surface area contributed by atoms with Crippen molar-refractivity contribution in [3.63, 3.8) is 0 Å². The third-order valence-corrected chi connectivity index (χ3v) is 3.99. The minimum absolute atomic E-state index is 0.136. The Morgan fingerprint density at radius 2 is 1.95 bits per heavy atom. The van der Waals surface area contributed by atoms with Crippen molar-refractivity contribution in [3.8, 4) is 5.69 Å². The molecule has 3 rings (SSSR count). The second-order valence-corrected chi connectivity index (χ2v) is 5.57. The van der Waals surface area contributed by atoms with Crippen molar-refractivity contribution in [2.45, 2.75) is 32.1 Å². The third kappa shape index (κ3) is 3.48. The molecule has 0 bridgehead atoms. The highest BCUT2D eigenvalue weighted by molar-refractivity contribution is 5.91. The summed E-state index contributed by atoms with van der Waals surface area (Å²) in [5, 5.41) is 11.4. The predicted molar refractivity (Wildman–Crippen MR) is 80.3 cm³/mol. The number of hydrogen-bond donors (Lipinski definition) is 1. The number of carbonyl (C=O) groups excluding carboxylic acids is 1. The van der Waals surface area contributed by atoms with E-state index in [0.717, 1.165) is 12.2 Å². The maximum Gasteiger partial charge on any atom is 0.273 e. The van der Waals surface area contributed by atoms with E-state index in [0.29, 0.717) is 11.6 Å². The quantitative estimate of drug-likeness (QED) is 0.938. The molecule has 21 heavy (non-hydrogen) atoms. The van der Waals surface area contributed by atoms with Gasteiger partial charge in [-0.3, -0.25) is 4.79 Å². The molecule has 1 aliphatic carbocycles. The predicted octanol–water partition coefficient (Wildman–Crippen LogP) is 2.58. The lowest BCUT2D eigenvalue weighted by Crippen LogP contribution is -2.30. The minimum Gasteiger partial charge on any atom is -0.350 e. The molecular weight excluding hydrogens is 264 g/mol. The largest absolute Gasteiger partial charge is 0.350 e. The molecule has 0 spiro atoms. The van der Waals surface area contributed by atoms with Gasteiger partial charge in [-0.25, -0.2) is 0 Å². The molecule has 0 unspecified atom stereocenters. The van der Waals surface area contributed by atoms with Crippen molar-refractivity contribution < 1.29 is 4.79 Å². The molecule has 1 saturated carbocycles. The SMILES string of the molecule is O=C(NCC1CCCCC1)c1cnn(-c2ccccc2)n1. The number of carbonyl (C=O) groups is 1. The first-order chi connectivity index (χ1) is 10.3. The first kappa shape index (κ1) is 13.8. The summed E-state index contributed by atoms with van der Waals surface area (Å²) in [6, 6.07) is 9.58. The van der Waals surface area contributed by atoms with Crippen molar-refractivity contribution in [2.24, 2.45) is 5.92 Å². The fraction of sp³-hybridized carbons (Fsp3) is 0.438. The summed E-state index contributed by atoms with van der Waals surface area (Å²) in [4.78, 5) is 13.6. The van der Waals surface area contributed by atoms with Gasteiger partial charge in [0.2, 0.25) is 0 Å². The number of nitrogens with zero attached hydrogens (tertiary/aromatic N) is 3. The van der Waals surface area contributed by atoms with Crippen LogP contribution in [0.25, 0.3) is 5.69 Å². The lowest BCUT2D eigenvalue weighted by molar-refractivity contribution is 0.0938. The zero-order chi connectivity index (χ0) is 14.5. The maximum absolute atomic E-state index is 12.1. The van der Waals surface area contributed by atoms with Crippen LogP contribution in [0.3, 0.4) is 0 Å². The standard InChI is InChI=1S/C16H20N4O/c21-16(17-11-13-7-3-1-4-8-13)15-12-18-20(19-15)14-9-5-2-6-10-14/h2,5-6,9-10,12-13H,1,3-4,7-8,11H2,(H,17,21). The monoisotopic (exact) mass is 284 g/mol. The van der Waals surface area contributed by atoms with Crippen LogP contribution in [0.4, 0.5) is 0 Å². The molecule has 0 aliphatic heterocycles. The van der Waals surface area contributed by atoms with Gasteiger partial charge in [0.05, 0.1) is 11.9 Å². The van der Waals surface area contributed by atoms with Crippen LogP contribution in [0.15, 0.2) is 36.5 Å². The van der Waals surface area contributed by atoms with Gasteiger partial charge in [0.1, 0.15) is 0 Å². The number of aromatic nitrogens is 3. The van der Waals surface area contributed by atoms with Gasteiger partial charge >= 0.3 is 0 Å². The Labute approximate surface area is 124 Å². The van der Waals surface area contributed by atoms with Gasteiger partial charge in [0.15, 0.2) is 5.69 Å². The zero-order valence-corrected chi connectivity index (χ0v) is 12.0. The molecule has 0 atom stereocenters. The lowest BCUT2D eigenvalue weighted by atomic mass is 9.89. The molecule has 1 aliphatic rings. The summed E-state index contributed by atoms with van der Waals surface area (Å²) in [7, 11) is 0. The van der Waals surface area contributed by atoms with Crippen LogP contribution >= 0.6 is 0 Å². The Balaban J connectivity index is 1.59.